The van der Waals surface area contributed by atoms with Crippen molar-refractivity contribution in [3.8, 4) is 27.8 Å². The van der Waals surface area contributed by atoms with Crippen LogP contribution in [0, 0.1) is 5.82 Å². The van der Waals surface area contributed by atoms with E-state index in [9.17, 15) is 14.3 Å². The Balaban J connectivity index is 1.48. The summed E-state index contributed by atoms with van der Waals surface area (Å²) in [4.78, 5) is 23.1. The molecule has 5 rings (SSSR count). The van der Waals surface area contributed by atoms with Crippen LogP contribution in [0.3, 0.4) is 0 Å². The number of carboxylic acids is 1. The first-order valence-corrected chi connectivity index (χ1v) is 11.8. The average molecular weight is 498 g/mol. The minimum Gasteiger partial charge on any atom is -0.493 e. The van der Waals surface area contributed by atoms with Crippen LogP contribution in [-0.4, -0.2) is 53.8 Å². The van der Waals surface area contributed by atoms with Crippen molar-refractivity contribution in [1.29, 1.82) is 0 Å². The number of fused-ring (bicyclic) bond motifs is 2. The molecule has 2 N–H and O–H groups in total. The third kappa shape index (κ3) is 4.08. The quantitative estimate of drug-likeness (QED) is 0.384. The van der Waals surface area contributed by atoms with Crippen molar-refractivity contribution in [2.24, 2.45) is 0 Å². The number of benzene rings is 2. The Bertz CT molecular complexity index is 1390. The summed E-state index contributed by atoms with van der Waals surface area (Å²) in [5.74, 6) is 0.267. The number of nitrogens with one attached hydrogen (secondary N) is 1. The summed E-state index contributed by atoms with van der Waals surface area (Å²) in [5.41, 5.74) is 2.98. The summed E-state index contributed by atoms with van der Waals surface area (Å²) in [5, 5.41) is 11.6. The molecule has 4 aromatic rings. The molecule has 0 unspecified atom stereocenters. The number of aromatic amines is 1. The van der Waals surface area contributed by atoms with Gasteiger partial charge >= 0.3 is 5.97 Å². The van der Waals surface area contributed by atoms with Gasteiger partial charge in [0, 0.05) is 52.6 Å². The highest BCUT2D eigenvalue weighted by molar-refractivity contribution is 7.15. The number of aromatic nitrogens is 2. The van der Waals surface area contributed by atoms with Crippen LogP contribution in [0.2, 0.25) is 0 Å². The van der Waals surface area contributed by atoms with Crippen molar-refractivity contribution >= 4 is 28.2 Å². The van der Waals surface area contributed by atoms with Gasteiger partial charge in [0.1, 0.15) is 16.9 Å². The van der Waals surface area contributed by atoms with Crippen molar-refractivity contribution in [3.63, 3.8) is 0 Å². The number of methoxy groups -OCH3 is 3. The number of hydrogen-bond donors (Lipinski definition) is 2. The van der Waals surface area contributed by atoms with E-state index >= 15 is 0 Å². The number of hydrogen-bond acceptors (Lipinski definition) is 7. The van der Waals surface area contributed by atoms with Gasteiger partial charge in [-0.1, -0.05) is 0 Å². The van der Waals surface area contributed by atoms with E-state index in [1.165, 1.54) is 23.5 Å². The lowest BCUT2D eigenvalue weighted by molar-refractivity contribution is -0.144. The number of nitrogens with zero attached hydrogens (tertiary/aromatic N) is 2. The monoisotopic (exact) mass is 497 g/mol. The van der Waals surface area contributed by atoms with Crippen molar-refractivity contribution in [3.05, 3.63) is 58.5 Å². The Morgan fingerprint density at radius 3 is 2.57 bits per heavy atom. The molecule has 1 aliphatic heterocycles. The van der Waals surface area contributed by atoms with Gasteiger partial charge in [-0.3, -0.25) is 9.69 Å². The molecule has 0 bridgehead atoms. The van der Waals surface area contributed by atoms with Gasteiger partial charge in [-0.2, -0.15) is 0 Å². The van der Waals surface area contributed by atoms with Crippen LogP contribution in [0.1, 0.15) is 22.2 Å². The first kappa shape index (κ1) is 23.1. The highest BCUT2D eigenvalue weighted by atomic mass is 32.1. The summed E-state index contributed by atoms with van der Waals surface area (Å²) in [6, 6.07) is 7.19. The van der Waals surface area contributed by atoms with Gasteiger partial charge < -0.3 is 24.3 Å². The Morgan fingerprint density at radius 2 is 1.91 bits per heavy atom. The molecule has 0 aliphatic carbocycles. The SMILES string of the molecule is COc1cc(-c2nc3c(s2)CN([C@H](C(=O)O)c2c[nH]c4cc(F)ccc24)CC3)cc(OC)c1OC. The molecule has 0 spiro atoms. The minimum atomic E-state index is -0.951. The summed E-state index contributed by atoms with van der Waals surface area (Å²) in [7, 11) is 4.69. The zero-order valence-corrected chi connectivity index (χ0v) is 20.2. The van der Waals surface area contributed by atoms with E-state index < -0.39 is 12.0 Å². The van der Waals surface area contributed by atoms with E-state index in [2.05, 4.69) is 4.98 Å². The number of aliphatic carboxylic acids is 1. The van der Waals surface area contributed by atoms with Crippen molar-refractivity contribution in [2.45, 2.75) is 19.0 Å². The molecule has 0 saturated carbocycles. The molecule has 0 amide bonds. The normalized spacial score (nSPS) is 14.5. The molecule has 0 saturated heterocycles. The van der Waals surface area contributed by atoms with Crippen molar-refractivity contribution < 1.29 is 28.5 Å². The lowest BCUT2D eigenvalue weighted by Crippen LogP contribution is -2.37. The molecule has 35 heavy (non-hydrogen) atoms. The lowest BCUT2D eigenvalue weighted by atomic mass is 10.0. The standard InChI is InChI=1S/C25H24FN3O5S/c1-32-19-8-13(9-20(33-2)23(19)34-3)24-28-17-6-7-29(12-21(17)35-24)22(25(30)31)16-11-27-18-10-14(26)4-5-15(16)18/h4-5,8-11,22,27H,6-7,12H2,1-3H3,(H,30,31)/t22-/m0/s1. The summed E-state index contributed by atoms with van der Waals surface area (Å²) in [6.07, 6.45) is 2.28. The van der Waals surface area contributed by atoms with Crippen molar-refractivity contribution in [1.82, 2.24) is 14.9 Å². The van der Waals surface area contributed by atoms with Crippen LogP contribution in [0.25, 0.3) is 21.5 Å². The second kappa shape index (κ2) is 9.20. The molecule has 0 fully saturated rings. The Labute approximate surface area is 204 Å². The first-order chi connectivity index (χ1) is 16.9. The molecule has 2 aromatic carbocycles. The molecule has 182 valence electrons. The molecule has 10 heteroatoms. The van der Waals surface area contributed by atoms with E-state index in [1.54, 1.807) is 33.6 Å². The maximum absolute atomic E-state index is 13.6. The zero-order valence-electron chi connectivity index (χ0n) is 19.4. The topological polar surface area (TPSA) is 96.9 Å². The van der Waals surface area contributed by atoms with Gasteiger partial charge in [0.15, 0.2) is 11.5 Å². The van der Waals surface area contributed by atoms with Gasteiger partial charge in [-0.05, 0) is 30.3 Å². The first-order valence-electron chi connectivity index (χ1n) is 11.0. The lowest BCUT2D eigenvalue weighted by Gasteiger charge is -2.31. The number of thiazole rings is 1. The van der Waals surface area contributed by atoms with Crippen LogP contribution in [0.15, 0.2) is 36.5 Å². The molecular formula is C25H24FN3O5S. The number of H-pyrrole nitrogens is 1. The van der Waals surface area contributed by atoms with Crippen LogP contribution in [0.4, 0.5) is 4.39 Å². The second-order valence-electron chi connectivity index (χ2n) is 8.20. The number of carbonyl (C=O) groups is 1. The third-order valence-electron chi connectivity index (χ3n) is 6.24. The maximum Gasteiger partial charge on any atom is 0.325 e. The van der Waals surface area contributed by atoms with Crippen LogP contribution >= 0.6 is 11.3 Å². The molecule has 8 nitrogen and oxygen atoms in total. The zero-order chi connectivity index (χ0) is 24.7. The van der Waals surface area contributed by atoms with Gasteiger partial charge in [0.2, 0.25) is 5.75 Å². The van der Waals surface area contributed by atoms with Gasteiger partial charge in [0.25, 0.3) is 0 Å². The van der Waals surface area contributed by atoms with Gasteiger partial charge in [0.05, 0.1) is 27.0 Å². The smallest absolute Gasteiger partial charge is 0.325 e. The van der Waals surface area contributed by atoms with Gasteiger partial charge in [-0.15, -0.1) is 11.3 Å². The summed E-state index contributed by atoms with van der Waals surface area (Å²) >= 11 is 1.52. The van der Waals surface area contributed by atoms with Crippen LogP contribution < -0.4 is 14.2 Å². The fraction of sp³-hybridized carbons (Fsp3) is 0.280. The highest BCUT2D eigenvalue weighted by Crippen LogP contribution is 2.43. The van der Waals surface area contributed by atoms with E-state index in [0.717, 1.165) is 21.1 Å². The van der Waals surface area contributed by atoms with Crippen LogP contribution in [0.5, 0.6) is 17.2 Å². The number of halogens is 1. The van der Waals surface area contributed by atoms with E-state index in [4.69, 9.17) is 19.2 Å². The summed E-state index contributed by atoms with van der Waals surface area (Å²) in [6.45, 7) is 0.985. The minimum absolute atomic E-state index is 0.371. The fourth-order valence-corrected chi connectivity index (χ4v) is 5.72. The Morgan fingerprint density at radius 1 is 1.17 bits per heavy atom. The average Bonchev–Trinajstić information content (AvgIpc) is 3.46. The molecular weight excluding hydrogens is 473 g/mol. The Kier molecular flexibility index (Phi) is 6.08. The van der Waals surface area contributed by atoms with Gasteiger partial charge in [-0.25, -0.2) is 9.37 Å². The van der Waals surface area contributed by atoms with Crippen LogP contribution in [-0.2, 0) is 17.8 Å². The predicted octanol–water partition coefficient (Wildman–Crippen LogP) is 4.64. The molecule has 3 heterocycles. The van der Waals surface area contributed by atoms with Crippen molar-refractivity contribution in [2.75, 3.05) is 27.9 Å². The predicted molar refractivity (Wildman–Crippen MR) is 130 cm³/mol. The number of rotatable bonds is 7. The number of carboxylic acid groups (broad SMARTS) is 1. The van der Waals surface area contributed by atoms with E-state index in [0.29, 0.717) is 53.2 Å². The number of ether oxygens (including phenoxy) is 3. The Hall–Kier alpha value is -3.63. The third-order valence-corrected chi connectivity index (χ3v) is 7.37. The van der Waals surface area contributed by atoms with E-state index in [-0.39, 0.29) is 5.82 Å². The molecule has 1 aliphatic rings. The fourth-order valence-electron chi connectivity index (χ4n) is 4.60. The maximum atomic E-state index is 13.6. The molecule has 0 radical (unpaired) electrons. The van der Waals surface area contributed by atoms with E-state index in [1.807, 2.05) is 17.0 Å². The second-order valence-corrected chi connectivity index (χ2v) is 9.28. The largest absolute Gasteiger partial charge is 0.493 e. The summed E-state index contributed by atoms with van der Waals surface area (Å²) < 4.78 is 30.0. The highest BCUT2D eigenvalue weighted by Gasteiger charge is 2.33. The molecule has 1 atom stereocenters. The molecule has 2 aromatic heterocycles.